The predicted octanol–water partition coefficient (Wildman–Crippen LogP) is 0.829. The molecular weight excluding hydrogens is 300 g/mol. The van der Waals surface area contributed by atoms with Crippen LogP contribution in [0.3, 0.4) is 0 Å². The molecule has 0 radical (unpaired) electrons. The third-order valence-electron chi connectivity index (χ3n) is 3.49. The van der Waals surface area contributed by atoms with Crippen LogP contribution < -0.4 is 5.73 Å². The molecule has 1 aromatic heterocycles. The Bertz CT molecular complexity index is 696. The quantitative estimate of drug-likeness (QED) is 0.785. The monoisotopic (exact) mass is 318 g/mol. The Morgan fingerprint density at radius 1 is 1.35 bits per heavy atom. The van der Waals surface area contributed by atoms with Crippen LogP contribution in [0, 0.1) is 0 Å². The van der Waals surface area contributed by atoms with E-state index in [1.165, 1.54) is 7.11 Å². The van der Waals surface area contributed by atoms with Gasteiger partial charge in [-0.1, -0.05) is 17.3 Å². The van der Waals surface area contributed by atoms with E-state index < -0.39 is 17.9 Å². The van der Waals surface area contributed by atoms with Crippen LogP contribution in [0.15, 0.2) is 28.8 Å². The number of ether oxygens (including phenoxy) is 1. The number of hydrogen-bond acceptors (Lipinski definition) is 7. The Kier molecular flexibility index (Phi) is 5.07. The molecule has 1 amide bonds. The van der Waals surface area contributed by atoms with Gasteiger partial charge in [-0.15, -0.1) is 0 Å². The highest BCUT2D eigenvalue weighted by Gasteiger charge is 2.18. The lowest BCUT2D eigenvalue weighted by molar-refractivity contribution is -0.122. The molecule has 0 saturated heterocycles. The summed E-state index contributed by atoms with van der Waals surface area (Å²) in [7, 11) is 3.07. The number of methoxy groups -OCH3 is 1. The van der Waals surface area contributed by atoms with Gasteiger partial charge in [-0.2, -0.15) is 4.98 Å². The molecule has 0 spiro atoms. The first-order chi connectivity index (χ1) is 10.9. The Labute approximate surface area is 133 Å². The number of aromatic nitrogens is 2. The fourth-order valence-corrected chi connectivity index (χ4v) is 1.88. The molecule has 1 aromatic carbocycles. The Balaban J connectivity index is 2.10. The van der Waals surface area contributed by atoms with Crippen LogP contribution in [0.2, 0.25) is 0 Å². The van der Waals surface area contributed by atoms with E-state index in [1.54, 1.807) is 43.1 Å². The number of hydrogen-bond donors (Lipinski definition) is 1. The molecule has 2 N–H and O–H groups in total. The van der Waals surface area contributed by atoms with Crippen molar-refractivity contribution in [3.63, 3.8) is 0 Å². The Morgan fingerprint density at radius 2 is 2.00 bits per heavy atom. The standard InChI is InChI=1S/C15H18N4O4/c1-9(13(16)20)19(2)8-12-17-14(18-23-12)10-4-6-11(7-5-10)15(21)22-3/h4-7,9H,8H2,1-3H3,(H2,16,20)/t9-/m1/s1. The summed E-state index contributed by atoms with van der Waals surface area (Å²) in [5, 5.41) is 3.89. The second-order valence-corrected chi connectivity index (χ2v) is 5.07. The van der Waals surface area contributed by atoms with E-state index in [-0.39, 0.29) is 0 Å². The van der Waals surface area contributed by atoms with Gasteiger partial charge in [-0.05, 0) is 26.1 Å². The van der Waals surface area contributed by atoms with Crippen molar-refractivity contribution in [1.29, 1.82) is 0 Å². The number of carbonyl (C=O) groups is 2. The van der Waals surface area contributed by atoms with Gasteiger partial charge in [-0.3, -0.25) is 9.69 Å². The summed E-state index contributed by atoms with van der Waals surface area (Å²) in [6.07, 6.45) is 0. The molecule has 2 rings (SSSR count). The summed E-state index contributed by atoms with van der Waals surface area (Å²) in [5.41, 5.74) is 6.40. The molecule has 0 aliphatic carbocycles. The molecule has 2 aromatic rings. The van der Waals surface area contributed by atoms with Gasteiger partial charge in [0, 0.05) is 5.56 Å². The molecule has 1 atom stereocenters. The maximum atomic E-state index is 11.4. The van der Waals surface area contributed by atoms with E-state index in [9.17, 15) is 9.59 Å². The van der Waals surface area contributed by atoms with Crippen molar-refractivity contribution in [2.45, 2.75) is 19.5 Å². The first-order valence-electron chi connectivity index (χ1n) is 6.93. The minimum Gasteiger partial charge on any atom is -0.465 e. The van der Waals surface area contributed by atoms with Crippen molar-refractivity contribution < 1.29 is 18.8 Å². The third-order valence-corrected chi connectivity index (χ3v) is 3.49. The van der Waals surface area contributed by atoms with Crippen LogP contribution in [0.4, 0.5) is 0 Å². The molecular formula is C15H18N4O4. The van der Waals surface area contributed by atoms with Crippen molar-refractivity contribution in [3.05, 3.63) is 35.7 Å². The number of nitrogens with two attached hydrogens (primary N) is 1. The highest BCUT2D eigenvalue weighted by atomic mass is 16.5. The zero-order valence-corrected chi connectivity index (χ0v) is 13.1. The smallest absolute Gasteiger partial charge is 0.337 e. The van der Waals surface area contributed by atoms with Crippen molar-refractivity contribution in [2.75, 3.05) is 14.2 Å². The maximum absolute atomic E-state index is 11.4. The van der Waals surface area contributed by atoms with Crippen LogP contribution >= 0.6 is 0 Å². The first kappa shape index (κ1) is 16.6. The maximum Gasteiger partial charge on any atom is 0.337 e. The summed E-state index contributed by atoms with van der Waals surface area (Å²) in [6, 6.07) is 6.22. The van der Waals surface area contributed by atoms with Gasteiger partial charge in [0.2, 0.25) is 17.6 Å². The predicted molar refractivity (Wildman–Crippen MR) is 81.2 cm³/mol. The number of primary amides is 1. The first-order valence-corrected chi connectivity index (χ1v) is 6.93. The molecule has 1 heterocycles. The summed E-state index contributed by atoms with van der Waals surface area (Å²) in [5.74, 6) is -0.0674. The van der Waals surface area contributed by atoms with Crippen LogP contribution in [0.25, 0.3) is 11.4 Å². The van der Waals surface area contributed by atoms with E-state index in [1.807, 2.05) is 0 Å². The second-order valence-electron chi connectivity index (χ2n) is 5.07. The topological polar surface area (TPSA) is 112 Å². The minimum atomic E-state index is -0.440. The molecule has 0 saturated carbocycles. The molecule has 8 nitrogen and oxygen atoms in total. The largest absolute Gasteiger partial charge is 0.465 e. The van der Waals surface area contributed by atoms with E-state index in [0.29, 0.717) is 29.4 Å². The third kappa shape index (κ3) is 3.92. The normalized spacial score (nSPS) is 12.2. The lowest BCUT2D eigenvalue weighted by atomic mass is 10.1. The van der Waals surface area contributed by atoms with E-state index in [4.69, 9.17) is 10.3 Å². The van der Waals surface area contributed by atoms with Crippen molar-refractivity contribution >= 4 is 11.9 Å². The highest BCUT2D eigenvalue weighted by molar-refractivity contribution is 5.89. The number of esters is 1. The number of benzene rings is 1. The number of carbonyl (C=O) groups excluding carboxylic acids is 2. The lowest BCUT2D eigenvalue weighted by Gasteiger charge is -2.19. The fraction of sp³-hybridized carbons (Fsp3) is 0.333. The van der Waals surface area contributed by atoms with Crippen LogP contribution in [0.1, 0.15) is 23.2 Å². The molecule has 0 fully saturated rings. The average Bonchev–Trinajstić information content (AvgIpc) is 3.01. The molecule has 0 aliphatic heterocycles. The van der Waals surface area contributed by atoms with Gasteiger partial charge in [0.25, 0.3) is 0 Å². The molecule has 0 unspecified atom stereocenters. The number of amides is 1. The lowest BCUT2D eigenvalue weighted by Crippen LogP contribution is -2.39. The van der Waals surface area contributed by atoms with E-state index in [2.05, 4.69) is 14.9 Å². The summed E-state index contributed by atoms with van der Waals surface area (Å²) in [6.45, 7) is 2.00. The molecule has 0 aliphatic rings. The van der Waals surface area contributed by atoms with Crippen molar-refractivity contribution in [1.82, 2.24) is 15.0 Å². The number of nitrogens with zero attached hydrogens (tertiary/aromatic N) is 3. The van der Waals surface area contributed by atoms with E-state index in [0.717, 1.165) is 0 Å². The summed E-state index contributed by atoms with van der Waals surface area (Å²) in [4.78, 5) is 28.5. The fourth-order valence-electron chi connectivity index (χ4n) is 1.88. The SMILES string of the molecule is COC(=O)c1ccc(-c2noc(CN(C)[C@H](C)C(N)=O)n2)cc1. The minimum absolute atomic E-state index is 0.303. The van der Waals surface area contributed by atoms with E-state index >= 15 is 0 Å². The number of rotatable bonds is 6. The van der Waals surface area contributed by atoms with Crippen LogP contribution in [-0.2, 0) is 16.1 Å². The zero-order chi connectivity index (χ0) is 17.0. The van der Waals surface area contributed by atoms with Crippen LogP contribution in [0.5, 0.6) is 0 Å². The van der Waals surface area contributed by atoms with Crippen LogP contribution in [-0.4, -0.2) is 47.1 Å². The Hall–Kier alpha value is -2.74. The zero-order valence-electron chi connectivity index (χ0n) is 13.1. The van der Waals surface area contributed by atoms with Gasteiger partial charge < -0.3 is 15.0 Å². The van der Waals surface area contributed by atoms with Gasteiger partial charge >= 0.3 is 5.97 Å². The van der Waals surface area contributed by atoms with Gasteiger partial charge in [0.15, 0.2) is 0 Å². The van der Waals surface area contributed by atoms with Gasteiger partial charge in [0.1, 0.15) is 0 Å². The molecule has 0 bridgehead atoms. The van der Waals surface area contributed by atoms with Gasteiger partial charge in [-0.25, -0.2) is 4.79 Å². The summed E-state index contributed by atoms with van der Waals surface area (Å²) < 4.78 is 9.81. The molecule has 23 heavy (non-hydrogen) atoms. The van der Waals surface area contributed by atoms with Crippen molar-refractivity contribution in [2.24, 2.45) is 5.73 Å². The Morgan fingerprint density at radius 3 is 2.57 bits per heavy atom. The molecule has 8 heteroatoms. The number of likely N-dealkylation sites (N-methyl/N-ethyl adjacent to an activating group) is 1. The summed E-state index contributed by atoms with van der Waals surface area (Å²) >= 11 is 0. The van der Waals surface area contributed by atoms with Gasteiger partial charge in [0.05, 0.1) is 25.3 Å². The average molecular weight is 318 g/mol. The second kappa shape index (κ2) is 7.01. The van der Waals surface area contributed by atoms with Crippen molar-refractivity contribution in [3.8, 4) is 11.4 Å². The molecule has 122 valence electrons. The highest BCUT2D eigenvalue weighted by Crippen LogP contribution is 2.17.